The molecule has 0 saturated heterocycles. The van der Waals surface area contributed by atoms with Gasteiger partial charge in [0, 0.05) is 13.9 Å². The summed E-state index contributed by atoms with van der Waals surface area (Å²) in [6, 6.07) is 2.08. The zero-order valence-electron chi connectivity index (χ0n) is 6.73. The molecule has 0 fully saturated rings. The van der Waals surface area contributed by atoms with Crippen LogP contribution in [0.5, 0.6) is 0 Å². The summed E-state index contributed by atoms with van der Waals surface area (Å²) in [7, 11) is 0. The van der Waals surface area contributed by atoms with Crippen LogP contribution in [-0.4, -0.2) is 6.26 Å². The predicted molar refractivity (Wildman–Crippen MR) is 67.1 cm³/mol. The Kier molecular flexibility index (Phi) is 4.37. The molecule has 0 aliphatic carbocycles. The van der Waals surface area contributed by atoms with Gasteiger partial charge in [0.2, 0.25) is 0 Å². The molecule has 0 bridgehead atoms. The van der Waals surface area contributed by atoms with Crippen molar-refractivity contribution in [3.8, 4) is 0 Å². The van der Waals surface area contributed by atoms with Crippen molar-refractivity contribution in [2.24, 2.45) is 0 Å². The molecule has 1 aromatic heterocycles. The van der Waals surface area contributed by atoms with Crippen molar-refractivity contribution >= 4 is 59.9 Å². The standard InChI is InChI=1S/C8H8Br2S2/c1-5(9)7(11-2)8-6(10)3-4-12-8/h3-4H,1-2H3. The summed E-state index contributed by atoms with van der Waals surface area (Å²) in [6.45, 7) is 2.07. The molecule has 0 N–H and O–H groups in total. The zero-order valence-corrected chi connectivity index (χ0v) is 11.5. The largest absolute Gasteiger partial charge is 0.142 e. The van der Waals surface area contributed by atoms with Crippen LogP contribution in [0.25, 0.3) is 4.91 Å². The van der Waals surface area contributed by atoms with Gasteiger partial charge in [-0.1, -0.05) is 15.9 Å². The van der Waals surface area contributed by atoms with E-state index in [9.17, 15) is 0 Å². The van der Waals surface area contributed by atoms with Crippen molar-refractivity contribution in [2.75, 3.05) is 6.26 Å². The van der Waals surface area contributed by atoms with Crippen molar-refractivity contribution < 1.29 is 0 Å². The van der Waals surface area contributed by atoms with E-state index in [0.29, 0.717) is 0 Å². The predicted octanol–water partition coefficient (Wildman–Crippen LogP) is 4.96. The Balaban J connectivity index is 3.12. The van der Waals surface area contributed by atoms with Crippen LogP contribution in [0.2, 0.25) is 0 Å². The summed E-state index contributed by atoms with van der Waals surface area (Å²) < 4.78 is 2.37. The van der Waals surface area contributed by atoms with E-state index in [0.717, 1.165) is 0 Å². The van der Waals surface area contributed by atoms with Gasteiger partial charge in [0.1, 0.15) is 0 Å². The first-order chi connectivity index (χ1) is 5.66. The van der Waals surface area contributed by atoms with Gasteiger partial charge in [0.05, 0.1) is 4.88 Å². The monoisotopic (exact) mass is 326 g/mol. The zero-order chi connectivity index (χ0) is 9.14. The van der Waals surface area contributed by atoms with Gasteiger partial charge in [0.15, 0.2) is 0 Å². The van der Waals surface area contributed by atoms with Gasteiger partial charge in [0.25, 0.3) is 0 Å². The Hall–Kier alpha value is 0.750. The van der Waals surface area contributed by atoms with Crippen molar-refractivity contribution in [1.82, 2.24) is 0 Å². The van der Waals surface area contributed by atoms with Crippen molar-refractivity contribution in [3.05, 3.63) is 25.3 Å². The Morgan fingerprint density at radius 2 is 2.25 bits per heavy atom. The topological polar surface area (TPSA) is 0 Å². The van der Waals surface area contributed by atoms with Crippen LogP contribution >= 0.6 is 55.0 Å². The van der Waals surface area contributed by atoms with Gasteiger partial charge in [-0.2, -0.15) is 0 Å². The van der Waals surface area contributed by atoms with E-state index >= 15 is 0 Å². The minimum Gasteiger partial charge on any atom is -0.142 e. The maximum absolute atomic E-state index is 3.52. The third-order valence-corrected chi connectivity index (χ3v) is 4.90. The molecule has 0 nitrogen and oxygen atoms in total. The van der Waals surface area contributed by atoms with E-state index in [1.165, 1.54) is 18.7 Å². The highest BCUT2D eigenvalue weighted by Gasteiger charge is 2.08. The first-order valence-corrected chi connectivity index (χ1v) is 6.99. The highest BCUT2D eigenvalue weighted by atomic mass is 79.9. The van der Waals surface area contributed by atoms with Crippen LogP contribution in [0.4, 0.5) is 0 Å². The molecule has 4 heteroatoms. The van der Waals surface area contributed by atoms with E-state index in [1.807, 2.05) is 0 Å². The normalized spacial score (nSPS) is 13.0. The summed E-state index contributed by atoms with van der Waals surface area (Å²) in [5, 5.41) is 2.09. The minimum absolute atomic E-state index is 1.18. The average Bonchev–Trinajstić information content (AvgIpc) is 2.38. The number of thiophene rings is 1. The molecule has 66 valence electrons. The fraction of sp³-hybridized carbons (Fsp3) is 0.250. The van der Waals surface area contributed by atoms with Crippen LogP contribution in [0.1, 0.15) is 11.8 Å². The van der Waals surface area contributed by atoms with Gasteiger partial charge < -0.3 is 0 Å². The lowest BCUT2D eigenvalue weighted by Gasteiger charge is -2.02. The quantitative estimate of drug-likeness (QED) is 0.740. The summed E-state index contributed by atoms with van der Waals surface area (Å²) >= 11 is 10.5. The van der Waals surface area contributed by atoms with Gasteiger partial charge in [-0.3, -0.25) is 0 Å². The minimum atomic E-state index is 1.18. The van der Waals surface area contributed by atoms with E-state index in [1.54, 1.807) is 23.1 Å². The van der Waals surface area contributed by atoms with Gasteiger partial charge in [-0.25, -0.2) is 0 Å². The molecule has 0 unspecified atom stereocenters. The number of hydrogen-bond acceptors (Lipinski definition) is 2. The van der Waals surface area contributed by atoms with Gasteiger partial charge in [-0.05, 0) is 40.6 Å². The molecule has 12 heavy (non-hydrogen) atoms. The third kappa shape index (κ3) is 2.37. The Labute approximate surface area is 97.7 Å². The molecular weight excluding hydrogens is 320 g/mol. The molecular formula is C8H8Br2S2. The number of allylic oxidation sites excluding steroid dienone is 1. The van der Waals surface area contributed by atoms with Crippen LogP contribution < -0.4 is 0 Å². The van der Waals surface area contributed by atoms with Crippen molar-refractivity contribution in [3.63, 3.8) is 0 Å². The molecule has 0 radical (unpaired) electrons. The lowest BCUT2D eigenvalue weighted by molar-refractivity contribution is 1.71. The number of hydrogen-bond donors (Lipinski definition) is 0. The lowest BCUT2D eigenvalue weighted by atomic mass is 10.4. The molecule has 0 spiro atoms. The van der Waals surface area contributed by atoms with Crippen molar-refractivity contribution in [2.45, 2.75) is 6.92 Å². The van der Waals surface area contributed by atoms with E-state index in [4.69, 9.17) is 0 Å². The van der Waals surface area contributed by atoms with E-state index in [-0.39, 0.29) is 0 Å². The van der Waals surface area contributed by atoms with Crippen LogP contribution in [0.15, 0.2) is 20.4 Å². The highest BCUT2D eigenvalue weighted by Crippen LogP contribution is 2.38. The number of halogens is 2. The first kappa shape index (κ1) is 10.8. The third-order valence-electron chi connectivity index (χ3n) is 1.34. The number of thioether (sulfide) groups is 1. The molecule has 1 rings (SSSR count). The lowest BCUT2D eigenvalue weighted by Crippen LogP contribution is -1.75. The fourth-order valence-electron chi connectivity index (χ4n) is 0.846. The Morgan fingerprint density at radius 1 is 1.58 bits per heavy atom. The van der Waals surface area contributed by atoms with E-state index in [2.05, 4.69) is 56.5 Å². The molecule has 0 saturated carbocycles. The summed E-state index contributed by atoms with van der Waals surface area (Å²) in [6.07, 6.45) is 2.09. The summed E-state index contributed by atoms with van der Waals surface area (Å²) in [5.74, 6) is 0. The number of rotatable bonds is 2. The van der Waals surface area contributed by atoms with Gasteiger partial charge >= 0.3 is 0 Å². The maximum Gasteiger partial charge on any atom is 0.0556 e. The molecule has 0 aliphatic heterocycles. The van der Waals surface area contributed by atoms with Crippen LogP contribution in [0.3, 0.4) is 0 Å². The fourth-order valence-corrected chi connectivity index (χ4v) is 4.33. The molecule has 0 atom stereocenters. The molecule has 0 aliphatic rings. The van der Waals surface area contributed by atoms with Gasteiger partial charge in [-0.15, -0.1) is 23.1 Å². The highest BCUT2D eigenvalue weighted by molar-refractivity contribution is 9.12. The SMILES string of the molecule is CSC(=C(C)Br)c1sccc1Br. The second-order valence-electron chi connectivity index (χ2n) is 2.16. The van der Waals surface area contributed by atoms with Crippen LogP contribution in [0, 0.1) is 0 Å². The second-order valence-corrected chi connectivity index (χ2v) is 5.94. The first-order valence-electron chi connectivity index (χ1n) is 3.30. The average molecular weight is 328 g/mol. The van der Waals surface area contributed by atoms with Crippen LogP contribution in [-0.2, 0) is 0 Å². The Morgan fingerprint density at radius 3 is 2.58 bits per heavy atom. The molecule has 0 aromatic carbocycles. The molecule has 1 aromatic rings. The summed E-state index contributed by atoms with van der Waals surface area (Å²) in [4.78, 5) is 2.61. The smallest absolute Gasteiger partial charge is 0.0556 e. The van der Waals surface area contributed by atoms with E-state index < -0.39 is 0 Å². The Bertz CT molecular complexity index is 298. The van der Waals surface area contributed by atoms with Crippen molar-refractivity contribution in [1.29, 1.82) is 0 Å². The maximum atomic E-state index is 3.52. The molecule has 1 heterocycles. The molecule has 0 amide bonds. The second kappa shape index (κ2) is 4.84. The summed E-state index contributed by atoms with van der Waals surface area (Å²) in [5.41, 5.74) is 0.